The third-order valence-electron chi connectivity index (χ3n) is 4.93. The smallest absolute Gasteiger partial charge is 0.244 e. The molecule has 0 saturated carbocycles. The Balaban J connectivity index is 1.31. The lowest BCUT2D eigenvalue weighted by molar-refractivity contribution is -0.117. The van der Waals surface area contributed by atoms with Gasteiger partial charge in [0.1, 0.15) is 6.61 Å². The Kier molecular flexibility index (Phi) is 7.98. The molecule has 35 heavy (non-hydrogen) atoms. The highest BCUT2D eigenvalue weighted by Gasteiger charge is 2.17. The number of hydrogen-bond donors (Lipinski definition) is 1. The number of para-hydroxylation sites is 1. The molecule has 2 aromatic heterocycles. The first kappa shape index (κ1) is 23.8. The molecule has 4 aromatic rings. The Morgan fingerprint density at radius 1 is 1.03 bits per heavy atom. The average molecular weight is 485 g/mol. The van der Waals surface area contributed by atoms with Gasteiger partial charge in [0.25, 0.3) is 0 Å². The molecule has 0 radical (unpaired) electrons. The van der Waals surface area contributed by atoms with Crippen molar-refractivity contribution < 1.29 is 14.3 Å². The molecule has 0 aliphatic carbocycles. The van der Waals surface area contributed by atoms with Crippen LogP contribution in [0.5, 0.6) is 5.88 Å². The van der Waals surface area contributed by atoms with Gasteiger partial charge in [-0.25, -0.2) is 9.97 Å². The quantitative estimate of drug-likeness (QED) is 0.333. The fourth-order valence-electron chi connectivity index (χ4n) is 3.24. The lowest BCUT2D eigenvalue weighted by Gasteiger charge is -2.17. The van der Waals surface area contributed by atoms with Crippen LogP contribution in [0.1, 0.15) is 23.7 Å². The first-order valence-electron chi connectivity index (χ1n) is 11.0. The number of ether oxygens (including phenoxy) is 1. The molecule has 0 saturated heterocycles. The zero-order chi connectivity index (χ0) is 24.5. The zero-order valence-electron chi connectivity index (χ0n) is 19.1. The molecule has 2 heterocycles. The van der Waals surface area contributed by atoms with Gasteiger partial charge in [-0.2, -0.15) is 0 Å². The van der Waals surface area contributed by atoms with Crippen molar-refractivity contribution in [2.45, 2.75) is 20.1 Å². The highest BCUT2D eigenvalue weighted by atomic mass is 32.1. The fraction of sp³-hybridized carbons (Fsp3) is 0.111. The summed E-state index contributed by atoms with van der Waals surface area (Å²) >= 11 is 1.34. The van der Waals surface area contributed by atoms with Crippen molar-refractivity contribution >= 4 is 40.0 Å². The summed E-state index contributed by atoms with van der Waals surface area (Å²) in [6.45, 7) is 2.25. The number of carbonyl (C=O) groups is 2. The van der Waals surface area contributed by atoms with Gasteiger partial charge in [0.2, 0.25) is 17.7 Å². The van der Waals surface area contributed by atoms with Crippen LogP contribution in [-0.4, -0.2) is 21.8 Å². The van der Waals surface area contributed by atoms with Crippen molar-refractivity contribution in [3.8, 4) is 5.88 Å². The zero-order valence-corrected chi connectivity index (χ0v) is 19.9. The summed E-state index contributed by atoms with van der Waals surface area (Å²) in [6.07, 6.45) is 4.70. The van der Waals surface area contributed by atoms with E-state index in [4.69, 9.17) is 4.74 Å². The van der Waals surface area contributed by atoms with Crippen LogP contribution in [0.2, 0.25) is 0 Å². The molecule has 1 N–H and O–H groups in total. The van der Waals surface area contributed by atoms with Crippen LogP contribution >= 0.6 is 11.3 Å². The van der Waals surface area contributed by atoms with Gasteiger partial charge in [0.15, 0.2) is 5.13 Å². The van der Waals surface area contributed by atoms with Crippen molar-refractivity contribution in [3.63, 3.8) is 0 Å². The average Bonchev–Trinajstić information content (AvgIpc) is 3.35. The largest absolute Gasteiger partial charge is 0.473 e. The molecule has 0 unspecified atom stereocenters. The van der Waals surface area contributed by atoms with E-state index in [0.29, 0.717) is 29.9 Å². The predicted octanol–water partition coefficient (Wildman–Crippen LogP) is 5.13. The van der Waals surface area contributed by atoms with E-state index in [1.54, 1.807) is 28.6 Å². The molecule has 0 bridgehead atoms. The molecule has 8 heteroatoms. The minimum Gasteiger partial charge on any atom is -0.473 e. The van der Waals surface area contributed by atoms with Crippen LogP contribution in [0.25, 0.3) is 6.08 Å². The summed E-state index contributed by atoms with van der Waals surface area (Å²) in [5, 5.41) is 5.19. The summed E-state index contributed by atoms with van der Waals surface area (Å²) in [7, 11) is 0. The van der Waals surface area contributed by atoms with Crippen LogP contribution in [0.15, 0.2) is 90.4 Å². The minimum atomic E-state index is -0.255. The maximum absolute atomic E-state index is 12.3. The van der Waals surface area contributed by atoms with E-state index >= 15 is 0 Å². The lowest BCUT2D eigenvalue weighted by atomic mass is 10.2. The third-order valence-corrected chi connectivity index (χ3v) is 5.78. The second-order valence-corrected chi connectivity index (χ2v) is 8.41. The van der Waals surface area contributed by atoms with Crippen LogP contribution in [0.3, 0.4) is 0 Å². The Hall–Kier alpha value is -4.30. The Bertz CT molecular complexity index is 1310. The van der Waals surface area contributed by atoms with Gasteiger partial charge >= 0.3 is 0 Å². The number of benzene rings is 2. The van der Waals surface area contributed by atoms with E-state index in [-0.39, 0.29) is 11.8 Å². The normalized spacial score (nSPS) is 10.8. The number of hydrogen-bond acceptors (Lipinski definition) is 6. The van der Waals surface area contributed by atoms with E-state index in [0.717, 1.165) is 16.8 Å². The monoisotopic (exact) mass is 484 g/mol. The van der Waals surface area contributed by atoms with Gasteiger partial charge in [-0.05, 0) is 35.4 Å². The van der Waals surface area contributed by atoms with E-state index in [1.807, 2.05) is 66.7 Å². The minimum absolute atomic E-state index is 0.136. The molecule has 0 aliphatic heterocycles. The molecule has 176 valence electrons. The van der Waals surface area contributed by atoms with E-state index in [9.17, 15) is 9.59 Å². The standard InChI is InChI=1S/C27H24N4O3S/c1-20(32)31(24-10-6-3-7-11-24)27-30-23(19-35-27)12-13-25(33)29-17-22-14-15-28-26(16-22)34-18-21-8-4-2-5-9-21/h2-16,19H,17-18H2,1H3,(H,29,33)/b13-12+. The van der Waals surface area contributed by atoms with Gasteiger partial charge in [-0.3, -0.25) is 14.5 Å². The Morgan fingerprint density at radius 3 is 2.51 bits per heavy atom. The molecule has 2 aromatic carbocycles. The number of carbonyl (C=O) groups excluding carboxylic acids is 2. The molecule has 2 amide bonds. The topological polar surface area (TPSA) is 84.4 Å². The van der Waals surface area contributed by atoms with Gasteiger partial charge < -0.3 is 10.1 Å². The molecule has 0 atom stereocenters. The van der Waals surface area contributed by atoms with Crippen LogP contribution in [-0.2, 0) is 22.7 Å². The number of aromatic nitrogens is 2. The highest BCUT2D eigenvalue weighted by Crippen LogP contribution is 2.29. The number of nitrogens with one attached hydrogen (secondary N) is 1. The van der Waals surface area contributed by atoms with Gasteiger partial charge in [-0.1, -0.05) is 48.5 Å². The van der Waals surface area contributed by atoms with Crippen molar-refractivity contribution in [1.29, 1.82) is 0 Å². The maximum Gasteiger partial charge on any atom is 0.244 e. The van der Waals surface area contributed by atoms with Gasteiger partial charge in [0.05, 0.1) is 11.4 Å². The molecule has 7 nitrogen and oxygen atoms in total. The number of anilines is 2. The Labute approximate surface area is 207 Å². The first-order valence-corrected chi connectivity index (χ1v) is 11.9. The first-order chi connectivity index (χ1) is 17.1. The summed E-state index contributed by atoms with van der Waals surface area (Å²) in [5.41, 5.74) is 3.27. The molecular formula is C27H24N4O3S. The summed E-state index contributed by atoms with van der Waals surface area (Å²) < 4.78 is 5.74. The summed E-state index contributed by atoms with van der Waals surface area (Å²) in [6, 6.07) is 22.8. The summed E-state index contributed by atoms with van der Waals surface area (Å²) in [5.74, 6) is 0.109. The number of nitrogens with zero attached hydrogens (tertiary/aromatic N) is 3. The van der Waals surface area contributed by atoms with Crippen molar-refractivity contribution in [2.24, 2.45) is 0 Å². The Morgan fingerprint density at radius 2 is 1.77 bits per heavy atom. The maximum atomic E-state index is 12.3. The summed E-state index contributed by atoms with van der Waals surface area (Å²) in [4.78, 5) is 34.8. The van der Waals surface area contributed by atoms with Crippen LogP contribution < -0.4 is 15.0 Å². The molecule has 0 spiro atoms. The van der Waals surface area contributed by atoms with Crippen LogP contribution in [0, 0.1) is 0 Å². The second kappa shape index (κ2) is 11.7. The van der Waals surface area contributed by atoms with E-state index < -0.39 is 0 Å². The lowest BCUT2D eigenvalue weighted by Crippen LogP contribution is -2.22. The predicted molar refractivity (Wildman–Crippen MR) is 137 cm³/mol. The van der Waals surface area contributed by atoms with Crippen molar-refractivity contribution in [1.82, 2.24) is 15.3 Å². The third kappa shape index (κ3) is 6.84. The van der Waals surface area contributed by atoms with Gasteiger partial charge in [-0.15, -0.1) is 11.3 Å². The molecule has 0 aliphatic rings. The highest BCUT2D eigenvalue weighted by molar-refractivity contribution is 7.14. The van der Waals surface area contributed by atoms with Gasteiger partial charge in [0, 0.05) is 37.2 Å². The molecular weight excluding hydrogens is 460 g/mol. The number of thiazole rings is 1. The molecule has 0 fully saturated rings. The van der Waals surface area contributed by atoms with Crippen molar-refractivity contribution in [2.75, 3.05) is 4.90 Å². The number of pyridine rings is 1. The number of amides is 2. The van der Waals surface area contributed by atoms with E-state index in [2.05, 4.69) is 15.3 Å². The number of rotatable bonds is 9. The SMILES string of the molecule is CC(=O)N(c1ccccc1)c1nc(/C=C/C(=O)NCc2ccnc(OCc3ccccc3)c2)cs1. The van der Waals surface area contributed by atoms with Crippen molar-refractivity contribution in [3.05, 3.63) is 107 Å². The van der Waals surface area contributed by atoms with E-state index in [1.165, 1.54) is 24.3 Å². The second-order valence-electron chi connectivity index (χ2n) is 7.57. The fourth-order valence-corrected chi connectivity index (χ4v) is 4.09. The van der Waals surface area contributed by atoms with Crippen LogP contribution in [0.4, 0.5) is 10.8 Å². The molecule has 4 rings (SSSR count).